The van der Waals surface area contributed by atoms with Crippen LogP contribution in [0.1, 0.15) is 32.6 Å². The molecule has 0 aliphatic rings. The molecule has 96 valence electrons. The van der Waals surface area contributed by atoms with Gasteiger partial charge in [-0.3, -0.25) is 0 Å². The molecule has 0 atom stereocenters. The molecule has 0 aromatic heterocycles. The fraction of sp³-hybridized carbons (Fsp3) is 0.500. The van der Waals surface area contributed by atoms with E-state index in [1.165, 1.54) is 0 Å². The first-order valence-corrected chi connectivity index (χ1v) is 6.33. The molecular weight excluding hydrogens is 297 g/mol. The fourth-order valence-corrected chi connectivity index (χ4v) is 1.87. The molecule has 0 aliphatic carbocycles. The van der Waals surface area contributed by atoms with Gasteiger partial charge in [-0.15, -0.1) is 0 Å². The van der Waals surface area contributed by atoms with Gasteiger partial charge in [0.05, 0.1) is 11.1 Å². The molecule has 0 aliphatic heterocycles. The van der Waals surface area contributed by atoms with E-state index in [2.05, 4.69) is 22.9 Å². The second-order valence-corrected chi connectivity index (χ2v) is 4.56. The van der Waals surface area contributed by atoms with Gasteiger partial charge in [0.15, 0.2) is 17.4 Å². The van der Waals surface area contributed by atoms with Crippen LogP contribution in [0, 0.1) is 17.5 Å². The highest BCUT2D eigenvalue weighted by Gasteiger charge is 2.18. The Balaban J connectivity index is 2.62. The van der Waals surface area contributed by atoms with Crippen LogP contribution in [0.2, 0.25) is 0 Å². The lowest BCUT2D eigenvalue weighted by Gasteiger charge is -2.10. The minimum Gasteiger partial charge on any atom is -0.489 e. The fourth-order valence-electron chi connectivity index (χ4n) is 1.38. The quantitative estimate of drug-likeness (QED) is 0.415. The smallest absolute Gasteiger partial charge is 0.204 e. The van der Waals surface area contributed by atoms with E-state index in [-0.39, 0.29) is 10.2 Å². The number of hydrogen-bond acceptors (Lipinski definition) is 1. The minimum absolute atomic E-state index is 0.0874. The third-order valence-electron chi connectivity index (χ3n) is 2.32. The van der Waals surface area contributed by atoms with E-state index in [4.69, 9.17) is 4.74 Å². The van der Waals surface area contributed by atoms with E-state index < -0.39 is 17.5 Å². The first-order chi connectivity index (χ1) is 8.07. The van der Waals surface area contributed by atoms with Crippen molar-refractivity contribution in [2.45, 2.75) is 32.6 Å². The van der Waals surface area contributed by atoms with Gasteiger partial charge in [0.25, 0.3) is 0 Å². The summed E-state index contributed by atoms with van der Waals surface area (Å²) in [5.41, 5.74) is 0. The van der Waals surface area contributed by atoms with Gasteiger partial charge in [0.2, 0.25) is 5.82 Å². The third-order valence-corrected chi connectivity index (χ3v) is 2.91. The number of halogens is 4. The predicted octanol–water partition coefficient (Wildman–Crippen LogP) is 4.83. The van der Waals surface area contributed by atoms with E-state index >= 15 is 0 Å². The van der Waals surface area contributed by atoms with Crippen LogP contribution >= 0.6 is 15.9 Å². The SMILES string of the molecule is CCCCCCOc1c(Br)cc(F)c(F)c1F. The van der Waals surface area contributed by atoms with E-state index in [9.17, 15) is 13.2 Å². The zero-order valence-electron chi connectivity index (χ0n) is 9.53. The molecule has 0 heterocycles. The highest BCUT2D eigenvalue weighted by Crippen LogP contribution is 2.31. The van der Waals surface area contributed by atoms with Gasteiger partial charge >= 0.3 is 0 Å². The average molecular weight is 311 g/mol. The van der Waals surface area contributed by atoms with E-state index in [1.807, 2.05) is 0 Å². The number of hydrogen-bond donors (Lipinski definition) is 0. The van der Waals surface area contributed by atoms with Crippen molar-refractivity contribution >= 4 is 15.9 Å². The van der Waals surface area contributed by atoms with Crippen LogP contribution in [0.25, 0.3) is 0 Å². The first-order valence-electron chi connectivity index (χ1n) is 5.53. The Morgan fingerprint density at radius 1 is 1.12 bits per heavy atom. The molecule has 0 fully saturated rings. The van der Waals surface area contributed by atoms with Crippen molar-refractivity contribution in [1.82, 2.24) is 0 Å². The summed E-state index contributed by atoms with van der Waals surface area (Å²) in [5.74, 6) is -4.28. The predicted molar refractivity (Wildman–Crippen MR) is 63.7 cm³/mol. The summed E-state index contributed by atoms with van der Waals surface area (Å²) in [6.07, 6.45) is 3.89. The Bertz CT molecular complexity index is 383. The maximum Gasteiger partial charge on any atom is 0.204 e. The molecule has 5 heteroatoms. The topological polar surface area (TPSA) is 9.23 Å². The van der Waals surface area contributed by atoms with E-state index in [1.54, 1.807) is 0 Å². The summed E-state index contributed by atoms with van der Waals surface area (Å²) in [5, 5.41) is 0. The van der Waals surface area contributed by atoms with Gasteiger partial charge in [0, 0.05) is 0 Å². The standard InChI is InChI=1S/C12H14BrF3O/c1-2-3-4-5-6-17-12-8(13)7-9(14)10(15)11(12)16/h7H,2-6H2,1H3. The van der Waals surface area contributed by atoms with Crippen LogP contribution in [-0.2, 0) is 0 Å². The first kappa shape index (κ1) is 14.4. The summed E-state index contributed by atoms with van der Waals surface area (Å²) >= 11 is 2.94. The molecule has 0 spiro atoms. The molecule has 1 nitrogen and oxygen atoms in total. The Labute approximate surface area is 107 Å². The van der Waals surface area contributed by atoms with Gasteiger partial charge in [-0.1, -0.05) is 26.2 Å². The highest BCUT2D eigenvalue weighted by atomic mass is 79.9. The number of ether oxygens (including phenoxy) is 1. The third kappa shape index (κ3) is 3.91. The summed E-state index contributed by atoms with van der Waals surface area (Å²) in [6.45, 7) is 2.37. The Kier molecular flexibility index (Phi) is 5.82. The lowest BCUT2D eigenvalue weighted by molar-refractivity contribution is 0.280. The molecule has 0 bridgehead atoms. The molecule has 17 heavy (non-hydrogen) atoms. The van der Waals surface area contributed by atoms with Gasteiger partial charge in [-0.05, 0) is 28.4 Å². The molecule has 0 N–H and O–H groups in total. The van der Waals surface area contributed by atoms with Crippen LogP contribution < -0.4 is 4.74 Å². The van der Waals surface area contributed by atoms with Crippen molar-refractivity contribution < 1.29 is 17.9 Å². The van der Waals surface area contributed by atoms with Crippen LogP contribution in [0.3, 0.4) is 0 Å². The second kappa shape index (κ2) is 6.89. The van der Waals surface area contributed by atoms with E-state index in [0.29, 0.717) is 6.61 Å². The molecule has 0 amide bonds. The molecule has 0 saturated carbocycles. The van der Waals surface area contributed by atoms with Crippen molar-refractivity contribution in [3.05, 3.63) is 28.0 Å². The Morgan fingerprint density at radius 3 is 2.47 bits per heavy atom. The largest absolute Gasteiger partial charge is 0.489 e. The lowest BCUT2D eigenvalue weighted by atomic mass is 10.2. The second-order valence-electron chi connectivity index (χ2n) is 3.71. The molecule has 1 rings (SSSR count). The zero-order valence-corrected chi connectivity index (χ0v) is 11.1. The maximum absolute atomic E-state index is 13.3. The van der Waals surface area contributed by atoms with Gasteiger partial charge in [-0.2, -0.15) is 4.39 Å². The van der Waals surface area contributed by atoms with E-state index in [0.717, 1.165) is 31.7 Å². The van der Waals surface area contributed by atoms with Crippen molar-refractivity contribution in [3.63, 3.8) is 0 Å². The molecule has 1 aromatic carbocycles. The van der Waals surface area contributed by atoms with Crippen LogP contribution in [-0.4, -0.2) is 6.61 Å². The summed E-state index contributed by atoms with van der Waals surface area (Å²) in [6, 6.07) is 0.861. The van der Waals surface area contributed by atoms with Crippen LogP contribution in [0.4, 0.5) is 13.2 Å². The number of rotatable bonds is 6. The monoisotopic (exact) mass is 310 g/mol. The maximum atomic E-state index is 13.3. The highest BCUT2D eigenvalue weighted by molar-refractivity contribution is 9.10. The number of benzene rings is 1. The molecule has 0 radical (unpaired) electrons. The van der Waals surface area contributed by atoms with Gasteiger partial charge in [0.1, 0.15) is 0 Å². The van der Waals surface area contributed by atoms with Crippen molar-refractivity contribution in [3.8, 4) is 5.75 Å². The lowest BCUT2D eigenvalue weighted by Crippen LogP contribution is -2.03. The van der Waals surface area contributed by atoms with Gasteiger partial charge < -0.3 is 4.74 Å². The zero-order chi connectivity index (χ0) is 12.8. The van der Waals surface area contributed by atoms with Crippen LogP contribution in [0.15, 0.2) is 10.5 Å². The molecular formula is C12H14BrF3O. The Morgan fingerprint density at radius 2 is 1.82 bits per heavy atom. The average Bonchev–Trinajstić information content (AvgIpc) is 2.30. The van der Waals surface area contributed by atoms with Crippen LogP contribution in [0.5, 0.6) is 5.75 Å². The molecule has 1 aromatic rings. The normalized spacial score (nSPS) is 10.6. The minimum atomic E-state index is -1.50. The summed E-state index contributed by atoms with van der Waals surface area (Å²) in [7, 11) is 0. The van der Waals surface area contributed by atoms with Gasteiger partial charge in [-0.25, -0.2) is 8.78 Å². The van der Waals surface area contributed by atoms with Crippen molar-refractivity contribution in [2.24, 2.45) is 0 Å². The molecule has 0 unspecified atom stereocenters. The van der Waals surface area contributed by atoms with Crippen molar-refractivity contribution in [2.75, 3.05) is 6.61 Å². The Hall–Kier alpha value is -0.710. The summed E-state index contributed by atoms with van der Waals surface area (Å²) < 4.78 is 44.3. The van der Waals surface area contributed by atoms with Crippen molar-refractivity contribution in [1.29, 1.82) is 0 Å². The number of unbranched alkanes of at least 4 members (excludes halogenated alkanes) is 3. The summed E-state index contributed by atoms with van der Waals surface area (Å²) in [4.78, 5) is 0. The molecule has 0 saturated heterocycles.